The van der Waals surface area contributed by atoms with Crippen LogP contribution >= 0.6 is 0 Å². The molecule has 0 spiro atoms. The fraction of sp³-hybridized carbons (Fsp3) is 0.833. The van der Waals surface area contributed by atoms with E-state index >= 15 is 0 Å². The summed E-state index contributed by atoms with van der Waals surface area (Å²) in [6, 6.07) is -13.4. The molecule has 0 saturated carbocycles. The van der Waals surface area contributed by atoms with Crippen LogP contribution in [-0.4, -0.2) is 209 Å². The summed E-state index contributed by atoms with van der Waals surface area (Å²) >= 11 is 0. The summed E-state index contributed by atoms with van der Waals surface area (Å²) in [6.07, 6.45) is 11.0. The molecule has 0 aromatic carbocycles. The Balaban J connectivity index is 7.27. The molecule has 0 aliphatic rings. The minimum absolute atomic E-state index is 0.0335. The third kappa shape index (κ3) is 42.8. The average molecular weight is 1430 g/mol. The highest BCUT2D eigenvalue weighted by molar-refractivity contribution is 5.99. The molecule has 0 saturated heterocycles. The van der Waals surface area contributed by atoms with Gasteiger partial charge in [0.1, 0.15) is 60.4 Å². The number of nitrogens with one attached hydrogen (secondary N) is 10. The monoisotopic (exact) mass is 1430 g/mol. The maximum absolute atomic E-state index is 14.7. The Morgan fingerprint density at radius 1 is 0.190 bits per heavy atom. The number of hydrogen-bond acceptors (Lipinski definition) is 23. The van der Waals surface area contributed by atoms with Gasteiger partial charge in [-0.3, -0.25) is 47.9 Å². The highest BCUT2D eigenvalue weighted by atomic mass is 16.4. The molecule has 0 unspecified atom stereocenters. The van der Waals surface area contributed by atoms with Crippen molar-refractivity contribution in [2.24, 2.45) is 68.8 Å². The molecule has 0 aliphatic carbocycles. The zero-order chi connectivity index (χ0) is 74.9. The van der Waals surface area contributed by atoms with Crippen molar-refractivity contribution in [2.45, 2.75) is 278 Å². The van der Waals surface area contributed by atoms with Gasteiger partial charge in [-0.15, -0.1) is 0 Å². The number of amides is 10. The molecule has 100 heavy (non-hydrogen) atoms. The molecule has 10 amide bonds. The van der Waals surface area contributed by atoms with Gasteiger partial charge in [0.2, 0.25) is 59.1 Å². The molecule has 0 heterocycles. The van der Waals surface area contributed by atoms with E-state index in [1.165, 1.54) is 0 Å². The number of hydrogen-bond donors (Lipinski definition) is 23. The van der Waals surface area contributed by atoms with Gasteiger partial charge >= 0.3 is 5.97 Å². The molecule has 0 fully saturated rings. The van der Waals surface area contributed by atoms with Crippen LogP contribution < -0.4 is 122 Å². The molecule has 580 valence electrons. The molecule has 0 aromatic rings. The largest absolute Gasteiger partial charge is 0.480 e. The Hall–Kier alpha value is -6.31. The fourth-order valence-corrected chi connectivity index (χ4v) is 11.0. The first-order valence-corrected chi connectivity index (χ1v) is 36.8. The second-order valence-electron chi connectivity index (χ2n) is 25.7. The van der Waals surface area contributed by atoms with E-state index < -0.39 is 132 Å². The second kappa shape index (κ2) is 60.3. The van der Waals surface area contributed by atoms with E-state index in [0.717, 1.165) is 0 Å². The maximum atomic E-state index is 14.7. The van der Waals surface area contributed by atoms with Gasteiger partial charge in [0.15, 0.2) is 0 Å². The Morgan fingerprint density at radius 2 is 0.310 bits per heavy atom. The predicted molar refractivity (Wildman–Crippen MR) is 387 cm³/mol. The Bertz CT molecular complexity index is 2300. The summed E-state index contributed by atoms with van der Waals surface area (Å²) in [5.74, 6) is -8.49. The standard InChI is InChI=1S/C66H134N22O12/c67-34-12-1-23-45(78)56(89)79-46(24-2-13-35-68)57(90)80-47(25-3-14-36-69)58(91)81-48(26-4-15-37-70)59(92)82-49(27-5-16-38-71)60(93)83-50(28-6-17-39-72)61(94)84-51(29-7-18-40-73)62(95)85-52(30-8-19-41-74)63(96)86-53(31-9-20-42-75)64(97)87-54(32-10-21-43-76)65(98)88-55(66(99)100)33-11-22-44-77/h45-55H,1-44,67-78H2,(H,79,89)(H,80,90)(H,81,91)(H,82,92)(H,83,93)(H,84,94)(H,85,95)(H,86,96)(H,87,97)(H,88,98)(H,99,100)/t45-,46-,47-,48-,49-,50-,51-,52-,53-,54-,55-/m0/s1. The molecular weight excluding hydrogens is 1290 g/mol. The summed E-state index contributed by atoms with van der Waals surface area (Å²) < 4.78 is 0. The van der Waals surface area contributed by atoms with Crippen LogP contribution in [0, 0.1) is 0 Å². The van der Waals surface area contributed by atoms with Crippen molar-refractivity contribution in [3.05, 3.63) is 0 Å². The van der Waals surface area contributed by atoms with Gasteiger partial charge in [-0.25, -0.2) is 4.79 Å². The van der Waals surface area contributed by atoms with E-state index in [4.69, 9.17) is 68.8 Å². The lowest BCUT2D eigenvalue weighted by Crippen LogP contribution is -2.60. The first-order chi connectivity index (χ1) is 48.1. The normalized spacial score (nSPS) is 14.6. The van der Waals surface area contributed by atoms with Crippen LogP contribution in [0.25, 0.3) is 0 Å². The number of rotatable bonds is 65. The molecule has 0 rings (SSSR count). The predicted octanol–water partition coefficient (Wildman–Crippen LogP) is -4.33. The molecule has 0 bridgehead atoms. The third-order valence-electron chi connectivity index (χ3n) is 17.1. The maximum Gasteiger partial charge on any atom is 0.326 e. The highest BCUT2D eigenvalue weighted by Gasteiger charge is 2.36. The van der Waals surface area contributed by atoms with Crippen LogP contribution in [-0.2, 0) is 52.7 Å². The first kappa shape index (κ1) is 93.7. The average Bonchev–Trinajstić information content (AvgIpc) is 0.869. The summed E-state index contributed by atoms with van der Waals surface area (Å²) in [7, 11) is 0. The molecule has 0 radical (unpaired) electrons. The molecule has 34 heteroatoms. The first-order valence-electron chi connectivity index (χ1n) is 36.8. The highest BCUT2D eigenvalue weighted by Crippen LogP contribution is 2.15. The van der Waals surface area contributed by atoms with Crippen molar-refractivity contribution in [2.75, 3.05) is 72.0 Å². The Morgan fingerprint density at radius 3 is 0.450 bits per heavy atom. The number of carbonyl (C=O) groups is 11. The number of carboxylic acids is 1. The molecule has 35 N–H and O–H groups in total. The summed E-state index contributed by atoms with van der Waals surface area (Å²) in [5.41, 5.74) is 70.0. The van der Waals surface area contributed by atoms with Crippen LogP contribution in [0.4, 0.5) is 0 Å². The SMILES string of the molecule is NCCCC[C@H](NC(=O)[C@H](CCCCN)NC(=O)[C@H](CCCCN)NC(=O)[C@H](CCCCN)NC(=O)[C@H](CCCCN)NC(=O)[C@H](CCCCN)NC(=O)[C@H](CCCCN)NC(=O)[C@H](CCCCN)NC(=O)[C@H](CCCCN)NC(=O)[C@H](CCCCN)NC(=O)[C@@H](N)CCCCN)C(=O)O. The number of unbranched alkanes of at least 4 members (excludes halogenated alkanes) is 11. The van der Waals surface area contributed by atoms with E-state index in [9.17, 15) is 57.8 Å². The van der Waals surface area contributed by atoms with Crippen LogP contribution in [0.5, 0.6) is 0 Å². The van der Waals surface area contributed by atoms with Crippen LogP contribution in [0.1, 0.15) is 212 Å². The Labute approximate surface area is 593 Å². The van der Waals surface area contributed by atoms with Gasteiger partial charge in [-0.05, 0) is 277 Å². The van der Waals surface area contributed by atoms with E-state index in [-0.39, 0.29) is 103 Å². The van der Waals surface area contributed by atoms with Crippen molar-refractivity contribution in [1.82, 2.24) is 53.2 Å². The molecule has 0 aromatic heterocycles. The van der Waals surface area contributed by atoms with Gasteiger partial charge in [-0.2, -0.15) is 0 Å². The fourth-order valence-electron chi connectivity index (χ4n) is 11.0. The zero-order valence-electron chi connectivity index (χ0n) is 59.8. The van der Waals surface area contributed by atoms with Crippen molar-refractivity contribution in [3.63, 3.8) is 0 Å². The van der Waals surface area contributed by atoms with Crippen LogP contribution in [0.3, 0.4) is 0 Å². The van der Waals surface area contributed by atoms with Crippen LogP contribution in [0.2, 0.25) is 0 Å². The lowest BCUT2D eigenvalue weighted by Gasteiger charge is -2.29. The Kier molecular flexibility index (Phi) is 56.5. The van der Waals surface area contributed by atoms with Gasteiger partial charge in [0.05, 0.1) is 6.04 Å². The molecule has 0 aliphatic heterocycles. The van der Waals surface area contributed by atoms with Crippen molar-refractivity contribution in [3.8, 4) is 0 Å². The molecule has 34 nitrogen and oxygen atoms in total. The zero-order valence-corrected chi connectivity index (χ0v) is 59.8. The van der Waals surface area contributed by atoms with E-state index in [1.807, 2.05) is 0 Å². The lowest BCUT2D eigenvalue weighted by molar-refractivity contribution is -0.142. The molecular formula is C66H134N22O12. The van der Waals surface area contributed by atoms with E-state index in [0.29, 0.717) is 180 Å². The van der Waals surface area contributed by atoms with Gasteiger partial charge in [0, 0.05) is 0 Å². The van der Waals surface area contributed by atoms with Gasteiger partial charge < -0.3 is 127 Å². The van der Waals surface area contributed by atoms with E-state index in [2.05, 4.69) is 53.2 Å². The van der Waals surface area contributed by atoms with Crippen molar-refractivity contribution >= 4 is 65.0 Å². The van der Waals surface area contributed by atoms with Crippen molar-refractivity contribution in [1.29, 1.82) is 0 Å². The smallest absolute Gasteiger partial charge is 0.326 e. The van der Waals surface area contributed by atoms with E-state index in [1.54, 1.807) is 0 Å². The summed E-state index contributed by atoms with van der Waals surface area (Å²) in [6.45, 7) is 3.20. The third-order valence-corrected chi connectivity index (χ3v) is 17.1. The second-order valence-corrected chi connectivity index (χ2v) is 25.7. The van der Waals surface area contributed by atoms with Gasteiger partial charge in [0.25, 0.3) is 0 Å². The quantitative estimate of drug-likeness (QED) is 0.0256. The summed E-state index contributed by atoms with van der Waals surface area (Å²) in [5, 5.41) is 37.5. The van der Waals surface area contributed by atoms with Crippen LogP contribution in [0.15, 0.2) is 0 Å². The summed E-state index contributed by atoms with van der Waals surface area (Å²) in [4.78, 5) is 155. The number of aliphatic carboxylic acids is 1. The van der Waals surface area contributed by atoms with Gasteiger partial charge in [-0.1, -0.05) is 6.42 Å². The lowest BCUT2D eigenvalue weighted by atomic mass is 10.0. The van der Waals surface area contributed by atoms with Crippen molar-refractivity contribution < 1.29 is 57.8 Å². The molecule has 11 atom stereocenters. The minimum Gasteiger partial charge on any atom is -0.480 e. The number of carboxylic acid groups (broad SMARTS) is 1. The minimum atomic E-state index is -1.31. The number of carbonyl (C=O) groups excluding carboxylic acids is 10. The number of nitrogens with two attached hydrogens (primary N) is 12. The topological polar surface area (TPSA) is 641 Å².